The van der Waals surface area contributed by atoms with Gasteiger partial charge in [-0.15, -0.1) is 0 Å². The zero-order chi connectivity index (χ0) is 20.0. The molecule has 0 aliphatic rings. The molecule has 0 N–H and O–H groups in total. The Morgan fingerprint density at radius 2 is 1.41 bits per heavy atom. The molecular formula is C24H21N3OSi. The van der Waals surface area contributed by atoms with E-state index in [4.69, 9.17) is 4.42 Å². The van der Waals surface area contributed by atoms with Gasteiger partial charge in [0, 0.05) is 16.3 Å². The Morgan fingerprint density at radius 3 is 2.14 bits per heavy atom. The van der Waals surface area contributed by atoms with Crippen LogP contribution in [0.25, 0.3) is 44.5 Å². The molecule has 5 aromatic rings. The van der Waals surface area contributed by atoms with Gasteiger partial charge in [0.1, 0.15) is 23.8 Å². The fourth-order valence-corrected chi connectivity index (χ4v) is 5.23. The van der Waals surface area contributed by atoms with Crippen molar-refractivity contribution in [3.05, 3.63) is 73.3 Å². The molecule has 0 bridgehead atoms. The second kappa shape index (κ2) is 6.64. The number of benzene rings is 3. The van der Waals surface area contributed by atoms with Gasteiger partial charge in [-0.3, -0.25) is 0 Å². The predicted octanol–water partition coefficient (Wildman–Crippen LogP) is 5.65. The number of hydrogen-bond acceptors (Lipinski definition) is 4. The first-order valence-corrected chi connectivity index (χ1v) is 13.2. The lowest BCUT2D eigenvalue weighted by atomic mass is 10.0. The number of furan rings is 1. The second-order valence-corrected chi connectivity index (χ2v) is 13.3. The summed E-state index contributed by atoms with van der Waals surface area (Å²) in [6, 6.07) is 21.3. The molecule has 2 aromatic heterocycles. The summed E-state index contributed by atoms with van der Waals surface area (Å²) in [4.78, 5) is 12.3. The third-order valence-corrected chi connectivity index (χ3v) is 7.29. The van der Waals surface area contributed by atoms with Crippen molar-refractivity contribution >= 4 is 35.2 Å². The zero-order valence-corrected chi connectivity index (χ0v) is 17.7. The van der Waals surface area contributed by atoms with Crippen molar-refractivity contribution in [2.75, 3.05) is 0 Å². The Labute approximate surface area is 170 Å². The van der Waals surface area contributed by atoms with E-state index < -0.39 is 8.07 Å². The molecule has 2 heterocycles. The lowest BCUT2D eigenvalue weighted by Crippen LogP contribution is -2.37. The van der Waals surface area contributed by atoms with Crippen LogP contribution < -0.4 is 5.19 Å². The lowest BCUT2D eigenvalue weighted by Gasteiger charge is -2.16. The fourth-order valence-electron chi connectivity index (χ4n) is 3.77. The first-order valence-electron chi connectivity index (χ1n) is 9.69. The van der Waals surface area contributed by atoms with Gasteiger partial charge in [-0.25, -0.2) is 15.0 Å². The third-order valence-electron chi connectivity index (χ3n) is 5.28. The normalized spacial score (nSPS) is 12.0. The van der Waals surface area contributed by atoms with Crippen molar-refractivity contribution in [2.45, 2.75) is 19.6 Å². The number of rotatable bonds is 3. The van der Waals surface area contributed by atoms with Crippen LogP contribution in [0.5, 0.6) is 0 Å². The number of aromatic nitrogens is 3. The molecule has 0 radical (unpaired) electrons. The van der Waals surface area contributed by atoms with Gasteiger partial charge in [-0.2, -0.15) is 0 Å². The van der Waals surface area contributed by atoms with Crippen LogP contribution in [0, 0.1) is 0 Å². The second-order valence-electron chi connectivity index (χ2n) is 8.28. The highest BCUT2D eigenvalue weighted by molar-refractivity contribution is 6.90. The molecule has 0 saturated heterocycles. The Bertz CT molecular complexity index is 1320. The van der Waals surface area contributed by atoms with Crippen molar-refractivity contribution in [1.29, 1.82) is 0 Å². The summed E-state index contributed by atoms with van der Waals surface area (Å²) in [5.41, 5.74) is 5.22. The molecule has 5 rings (SSSR count). The van der Waals surface area contributed by atoms with Gasteiger partial charge in [0.2, 0.25) is 0 Å². The minimum Gasteiger partial charge on any atom is -0.456 e. The largest absolute Gasteiger partial charge is 0.456 e. The first-order chi connectivity index (χ1) is 14.0. The van der Waals surface area contributed by atoms with E-state index in [0.29, 0.717) is 5.82 Å². The van der Waals surface area contributed by atoms with E-state index in [1.54, 1.807) is 0 Å². The molecule has 0 atom stereocenters. The molecule has 4 nitrogen and oxygen atoms in total. The van der Waals surface area contributed by atoms with Gasteiger partial charge in [-0.05, 0) is 28.4 Å². The average Bonchev–Trinajstić information content (AvgIpc) is 3.11. The third kappa shape index (κ3) is 3.13. The lowest BCUT2D eigenvalue weighted by molar-refractivity contribution is 0.671. The van der Waals surface area contributed by atoms with Crippen LogP contribution >= 0.6 is 0 Å². The number of fused-ring (bicyclic) bond motifs is 3. The van der Waals surface area contributed by atoms with Gasteiger partial charge in [0.05, 0.1) is 8.07 Å². The van der Waals surface area contributed by atoms with E-state index in [2.05, 4.69) is 83.1 Å². The Hall–Kier alpha value is -3.31. The number of hydrogen-bond donors (Lipinski definition) is 0. The highest BCUT2D eigenvalue weighted by Crippen LogP contribution is 2.32. The summed E-state index contributed by atoms with van der Waals surface area (Å²) < 4.78 is 6.37. The highest BCUT2D eigenvalue weighted by atomic mass is 28.3. The predicted molar refractivity (Wildman–Crippen MR) is 121 cm³/mol. The number of para-hydroxylation sites is 1. The Kier molecular flexibility index (Phi) is 4.06. The first kappa shape index (κ1) is 17.8. The van der Waals surface area contributed by atoms with Crippen LogP contribution in [0.3, 0.4) is 0 Å². The summed E-state index contributed by atoms with van der Waals surface area (Å²) in [6.07, 6.45) is 3.03. The zero-order valence-electron chi connectivity index (χ0n) is 16.7. The van der Waals surface area contributed by atoms with Crippen LogP contribution in [0.1, 0.15) is 0 Å². The molecule has 0 aliphatic carbocycles. The van der Waals surface area contributed by atoms with Gasteiger partial charge >= 0.3 is 0 Å². The molecule has 3 aromatic carbocycles. The van der Waals surface area contributed by atoms with Gasteiger partial charge in [0.25, 0.3) is 0 Å². The molecule has 142 valence electrons. The van der Waals surface area contributed by atoms with Crippen LogP contribution in [0.2, 0.25) is 19.6 Å². The van der Waals surface area contributed by atoms with Crippen LogP contribution in [-0.2, 0) is 0 Å². The minimum atomic E-state index is -1.49. The molecule has 0 fully saturated rings. The van der Waals surface area contributed by atoms with Gasteiger partial charge in [-0.1, -0.05) is 68.2 Å². The van der Waals surface area contributed by atoms with Crippen molar-refractivity contribution in [2.24, 2.45) is 0 Å². The maximum atomic E-state index is 6.37. The van der Waals surface area contributed by atoms with Crippen LogP contribution in [0.4, 0.5) is 0 Å². The Balaban J connectivity index is 1.59. The van der Waals surface area contributed by atoms with Gasteiger partial charge < -0.3 is 4.42 Å². The van der Waals surface area contributed by atoms with Crippen LogP contribution in [0.15, 0.2) is 77.7 Å². The van der Waals surface area contributed by atoms with E-state index in [1.807, 2.05) is 12.1 Å². The fraction of sp³-hybridized carbons (Fsp3) is 0.125. The quantitative estimate of drug-likeness (QED) is 0.370. The molecule has 0 unspecified atom stereocenters. The van der Waals surface area contributed by atoms with Crippen molar-refractivity contribution in [1.82, 2.24) is 15.0 Å². The average molecular weight is 396 g/mol. The standard InChI is InChI=1S/C24H21N3OSi/c1-29(2,3)22-6-4-5-20-19-12-11-18(13-21(19)28-23(20)22)16-7-9-17(10-8-16)24-26-14-25-15-27-24/h4-15H,1-3H3. The van der Waals surface area contributed by atoms with Crippen LogP contribution in [-0.4, -0.2) is 23.0 Å². The summed E-state index contributed by atoms with van der Waals surface area (Å²) in [6.45, 7) is 7.07. The van der Waals surface area contributed by atoms with E-state index >= 15 is 0 Å². The smallest absolute Gasteiger partial charge is 0.162 e. The highest BCUT2D eigenvalue weighted by Gasteiger charge is 2.22. The maximum absolute atomic E-state index is 6.37. The Morgan fingerprint density at radius 1 is 0.724 bits per heavy atom. The molecule has 0 aliphatic heterocycles. The summed E-state index contributed by atoms with van der Waals surface area (Å²) in [5.74, 6) is 0.679. The van der Waals surface area contributed by atoms with Crippen molar-refractivity contribution < 1.29 is 4.42 Å². The molecule has 0 spiro atoms. The molecule has 0 saturated carbocycles. The van der Waals surface area contributed by atoms with E-state index in [9.17, 15) is 0 Å². The molecule has 0 amide bonds. The van der Waals surface area contributed by atoms with E-state index in [1.165, 1.54) is 28.6 Å². The van der Waals surface area contributed by atoms with E-state index in [0.717, 1.165) is 27.9 Å². The SMILES string of the molecule is C[Si](C)(C)c1cccc2c1oc1cc(-c3ccc(-c4ncncn4)cc3)ccc12. The molecule has 5 heteroatoms. The molecule has 29 heavy (non-hydrogen) atoms. The van der Waals surface area contributed by atoms with E-state index in [-0.39, 0.29) is 0 Å². The monoisotopic (exact) mass is 395 g/mol. The summed E-state index contributed by atoms with van der Waals surface area (Å²) in [5, 5.41) is 3.75. The number of nitrogens with zero attached hydrogens (tertiary/aromatic N) is 3. The summed E-state index contributed by atoms with van der Waals surface area (Å²) in [7, 11) is -1.49. The maximum Gasteiger partial charge on any atom is 0.162 e. The van der Waals surface area contributed by atoms with Crippen molar-refractivity contribution in [3.8, 4) is 22.5 Å². The minimum absolute atomic E-state index is 0.679. The topological polar surface area (TPSA) is 51.8 Å². The molecular weight excluding hydrogens is 374 g/mol. The summed E-state index contributed by atoms with van der Waals surface area (Å²) >= 11 is 0. The van der Waals surface area contributed by atoms with Crippen molar-refractivity contribution in [3.63, 3.8) is 0 Å². The van der Waals surface area contributed by atoms with Gasteiger partial charge in [0.15, 0.2) is 5.82 Å².